The number of alkyl carbamates (subject to hydrolysis) is 1. The molecule has 2 aliphatic heterocycles. The lowest BCUT2D eigenvalue weighted by Gasteiger charge is -2.30. The van der Waals surface area contributed by atoms with Crippen LogP contribution in [0.1, 0.15) is 85.5 Å². The van der Waals surface area contributed by atoms with Gasteiger partial charge in [-0.2, -0.15) is 0 Å². The third kappa shape index (κ3) is 6.98. The molecule has 4 atom stereocenters. The van der Waals surface area contributed by atoms with Crippen LogP contribution in [0.3, 0.4) is 0 Å². The highest BCUT2D eigenvalue weighted by atomic mass is 16.6. The number of allylic oxidation sites excluding steroid dienone is 1. The number of carbonyl (C=O) groups is 4. The second kappa shape index (κ2) is 11.4. The summed E-state index contributed by atoms with van der Waals surface area (Å²) in [6.07, 6.45) is 10.1. The number of ether oxygens (including phenoxy) is 1. The lowest BCUT2D eigenvalue weighted by atomic mass is 10.0. The molecule has 0 aromatic heterocycles. The summed E-state index contributed by atoms with van der Waals surface area (Å²) in [5, 5.41) is 8.70. The number of nitrogens with zero attached hydrogens (tertiary/aromatic N) is 1. The van der Waals surface area contributed by atoms with Gasteiger partial charge in [0.1, 0.15) is 23.2 Å². The van der Waals surface area contributed by atoms with Gasteiger partial charge in [0.05, 0.1) is 0 Å². The van der Waals surface area contributed by atoms with Crippen molar-refractivity contribution >= 4 is 23.8 Å². The first-order valence-electron chi connectivity index (χ1n) is 13.1. The maximum absolute atomic E-state index is 13.5. The van der Waals surface area contributed by atoms with E-state index in [4.69, 9.17) is 4.74 Å². The van der Waals surface area contributed by atoms with Gasteiger partial charge in [0.15, 0.2) is 0 Å². The Balaban J connectivity index is 1.80. The van der Waals surface area contributed by atoms with Crippen LogP contribution in [0.15, 0.2) is 12.2 Å². The van der Waals surface area contributed by atoms with Crippen LogP contribution in [0, 0.1) is 5.92 Å². The Hall–Kier alpha value is -2.58. The SMILES string of the molecule is CCCNC(=O)[C@@]12C[C@@H]1/C=C\CCCCC[C@H](NC(=O)OC(C)(C)C)C(=O)N1CCC[C@H]1C(=O)N2. The first kappa shape index (κ1) is 27.0. The van der Waals surface area contributed by atoms with Gasteiger partial charge in [-0.05, 0) is 65.7 Å². The van der Waals surface area contributed by atoms with Crippen molar-refractivity contribution in [3.05, 3.63) is 12.2 Å². The Kier molecular flexibility index (Phi) is 8.83. The lowest BCUT2D eigenvalue weighted by molar-refractivity contribution is -0.141. The largest absolute Gasteiger partial charge is 0.444 e. The Morgan fingerprint density at radius 2 is 1.94 bits per heavy atom. The van der Waals surface area contributed by atoms with Crippen molar-refractivity contribution in [3.8, 4) is 0 Å². The van der Waals surface area contributed by atoms with Crippen LogP contribution in [-0.2, 0) is 19.1 Å². The summed E-state index contributed by atoms with van der Waals surface area (Å²) in [7, 11) is 0. The van der Waals surface area contributed by atoms with E-state index in [0.717, 1.165) is 32.1 Å². The van der Waals surface area contributed by atoms with E-state index in [1.54, 1.807) is 25.7 Å². The molecule has 1 saturated carbocycles. The van der Waals surface area contributed by atoms with E-state index < -0.39 is 29.3 Å². The van der Waals surface area contributed by atoms with Gasteiger partial charge in [-0.1, -0.05) is 31.9 Å². The molecule has 0 unspecified atom stereocenters. The number of carbonyl (C=O) groups excluding carboxylic acids is 4. The zero-order chi connectivity index (χ0) is 25.6. The summed E-state index contributed by atoms with van der Waals surface area (Å²) in [6, 6.07) is -1.41. The smallest absolute Gasteiger partial charge is 0.408 e. The first-order chi connectivity index (χ1) is 16.6. The van der Waals surface area contributed by atoms with Gasteiger partial charge in [-0.3, -0.25) is 14.4 Å². The third-order valence-electron chi connectivity index (χ3n) is 6.86. The van der Waals surface area contributed by atoms with Gasteiger partial charge >= 0.3 is 6.09 Å². The first-order valence-corrected chi connectivity index (χ1v) is 13.1. The molecule has 196 valence electrons. The van der Waals surface area contributed by atoms with E-state index in [1.165, 1.54) is 0 Å². The maximum Gasteiger partial charge on any atom is 0.408 e. The number of amides is 4. The van der Waals surface area contributed by atoms with Crippen LogP contribution in [0.5, 0.6) is 0 Å². The van der Waals surface area contributed by atoms with Crippen molar-refractivity contribution in [2.45, 2.75) is 109 Å². The number of hydrogen-bond acceptors (Lipinski definition) is 5. The third-order valence-corrected chi connectivity index (χ3v) is 6.86. The Bertz CT molecular complexity index is 836. The van der Waals surface area contributed by atoms with E-state index >= 15 is 0 Å². The van der Waals surface area contributed by atoms with Crippen LogP contribution in [0.4, 0.5) is 4.79 Å². The van der Waals surface area contributed by atoms with E-state index in [1.807, 2.05) is 6.92 Å². The highest BCUT2D eigenvalue weighted by Gasteiger charge is 2.60. The molecular formula is C26H42N4O5. The van der Waals surface area contributed by atoms with Crippen LogP contribution in [0.2, 0.25) is 0 Å². The molecule has 2 heterocycles. The highest BCUT2D eigenvalue weighted by Crippen LogP contribution is 2.45. The average Bonchev–Trinajstić information content (AvgIpc) is 3.24. The van der Waals surface area contributed by atoms with Gasteiger partial charge in [0.2, 0.25) is 17.7 Å². The predicted octanol–water partition coefficient (Wildman–Crippen LogP) is 2.79. The molecule has 0 radical (unpaired) electrons. The lowest BCUT2D eigenvalue weighted by Crippen LogP contribution is -2.58. The topological polar surface area (TPSA) is 117 Å². The number of hydrogen-bond donors (Lipinski definition) is 3. The fraction of sp³-hybridized carbons (Fsp3) is 0.769. The molecular weight excluding hydrogens is 448 g/mol. The quantitative estimate of drug-likeness (QED) is 0.524. The molecule has 4 amide bonds. The summed E-state index contributed by atoms with van der Waals surface area (Å²) in [6.45, 7) is 8.31. The van der Waals surface area contributed by atoms with Crippen LogP contribution >= 0.6 is 0 Å². The van der Waals surface area contributed by atoms with E-state index in [9.17, 15) is 19.2 Å². The van der Waals surface area contributed by atoms with Crippen molar-refractivity contribution in [1.82, 2.24) is 20.9 Å². The van der Waals surface area contributed by atoms with Crippen molar-refractivity contribution in [3.63, 3.8) is 0 Å². The van der Waals surface area contributed by atoms with Crippen LogP contribution in [0.25, 0.3) is 0 Å². The van der Waals surface area contributed by atoms with Crippen LogP contribution < -0.4 is 16.0 Å². The van der Waals surface area contributed by atoms with Gasteiger partial charge in [0.25, 0.3) is 0 Å². The fourth-order valence-corrected chi connectivity index (χ4v) is 4.94. The van der Waals surface area contributed by atoms with Gasteiger partial charge in [0, 0.05) is 19.0 Å². The second-order valence-electron chi connectivity index (χ2n) is 11.0. The van der Waals surface area contributed by atoms with E-state index in [0.29, 0.717) is 38.8 Å². The molecule has 3 aliphatic rings. The number of nitrogens with one attached hydrogen (secondary N) is 3. The molecule has 9 nitrogen and oxygen atoms in total. The minimum Gasteiger partial charge on any atom is -0.444 e. The molecule has 1 saturated heterocycles. The average molecular weight is 491 g/mol. The minimum atomic E-state index is -0.950. The molecule has 9 heteroatoms. The fourth-order valence-electron chi connectivity index (χ4n) is 4.94. The molecule has 1 aliphatic carbocycles. The predicted molar refractivity (Wildman–Crippen MR) is 132 cm³/mol. The number of rotatable bonds is 4. The molecule has 2 fully saturated rings. The molecule has 0 spiro atoms. The molecule has 0 aromatic carbocycles. The normalized spacial score (nSPS) is 30.6. The van der Waals surface area contributed by atoms with E-state index in [-0.39, 0.29) is 23.6 Å². The Morgan fingerprint density at radius 1 is 1.17 bits per heavy atom. The molecule has 3 rings (SSSR count). The molecule has 3 N–H and O–H groups in total. The van der Waals surface area contributed by atoms with Gasteiger partial charge < -0.3 is 25.6 Å². The minimum absolute atomic E-state index is 0.0411. The van der Waals surface area contributed by atoms with E-state index in [2.05, 4.69) is 28.1 Å². The van der Waals surface area contributed by atoms with Gasteiger partial charge in [-0.25, -0.2) is 4.79 Å². The summed E-state index contributed by atoms with van der Waals surface area (Å²) < 4.78 is 5.38. The zero-order valence-corrected chi connectivity index (χ0v) is 21.7. The second-order valence-corrected chi connectivity index (χ2v) is 11.0. The standard InChI is InChI=1S/C26H42N4O5/c1-5-15-27-23(33)26-17-18(26)12-9-7-6-8-10-13-19(28-24(34)35-25(2,3)4)22(32)30-16-11-14-20(30)21(31)29-26/h9,12,18-20H,5-8,10-11,13-17H2,1-4H3,(H,27,33)(H,28,34)(H,29,31)/b12-9-/t18-,19-,20-,26+/m0/s1. The van der Waals surface area contributed by atoms with Crippen molar-refractivity contribution < 1.29 is 23.9 Å². The Morgan fingerprint density at radius 3 is 2.66 bits per heavy atom. The van der Waals surface area contributed by atoms with Crippen LogP contribution in [-0.4, -0.2) is 65.0 Å². The Labute approximate surface area is 208 Å². The molecule has 35 heavy (non-hydrogen) atoms. The van der Waals surface area contributed by atoms with Crippen molar-refractivity contribution in [2.75, 3.05) is 13.1 Å². The summed E-state index contributed by atoms with van der Waals surface area (Å²) in [4.78, 5) is 54.0. The van der Waals surface area contributed by atoms with Crippen molar-refractivity contribution in [2.24, 2.45) is 5.92 Å². The monoisotopic (exact) mass is 490 g/mol. The summed E-state index contributed by atoms with van der Waals surface area (Å²) >= 11 is 0. The number of fused-ring (bicyclic) bond motifs is 2. The summed E-state index contributed by atoms with van der Waals surface area (Å²) in [5.41, 5.74) is -1.63. The molecule has 0 bridgehead atoms. The summed E-state index contributed by atoms with van der Waals surface area (Å²) in [5.74, 6) is -0.768. The van der Waals surface area contributed by atoms with Gasteiger partial charge in [-0.15, -0.1) is 0 Å². The van der Waals surface area contributed by atoms with Crippen molar-refractivity contribution in [1.29, 1.82) is 0 Å². The molecule has 0 aromatic rings. The highest BCUT2D eigenvalue weighted by molar-refractivity contribution is 5.98. The zero-order valence-electron chi connectivity index (χ0n) is 21.7. The maximum atomic E-state index is 13.5.